The molecule has 1 aliphatic rings. The van der Waals surface area contributed by atoms with Crippen LogP contribution >= 0.6 is 23.2 Å². The fourth-order valence-corrected chi connectivity index (χ4v) is 2.53. The SMILES string of the molecule is Cc1ccc(-n2nc(C3CC3)c(C=O)c2Cl)cc1Cl. The van der Waals surface area contributed by atoms with Crippen molar-refractivity contribution in [3.8, 4) is 5.69 Å². The topological polar surface area (TPSA) is 34.9 Å². The highest BCUT2D eigenvalue weighted by molar-refractivity contribution is 6.32. The first-order valence-corrected chi connectivity index (χ1v) is 6.87. The van der Waals surface area contributed by atoms with E-state index in [1.54, 1.807) is 10.7 Å². The molecule has 5 heteroatoms. The normalized spacial score (nSPS) is 14.7. The summed E-state index contributed by atoms with van der Waals surface area (Å²) in [6, 6.07) is 5.61. The quantitative estimate of drug-likeness (QED) is 0.796. The van der Waals surface area contributed by atoms with Crippen molar-refractivity contribution in [2.24, 2.45) is 0 Å². The molecular weight excluding hydrogens is 283 g/mol. The number of aldehydes is 1. The minimum atomic E-state index is 0.358. The van der Waals surface area contributed by atoms with Crippen molar-refractivity contribution in [2.75, 3.05) is 0 Å². The number of hydrogen-bond acceptors (Lipinski definition) is 2. The predicted molar refractivity (Wildman–Crippen MR) is 75.7 cm³/mol. The Hall–Kier alpha value is -1.32. The number of rotatable bonds is 3. The summed E-state index contributed by atoms with van der Waals surface area (Å²) in [5.74, 6) is 0.375. The zero-order valence-electron chi connectivity index (χ0n) is 10.4. The van der Waals surface area contributed by atoms with Gasteiger partial charge in [-0.05, 0) is 37.5 Å². The van der Waals surface area contributed by atoms with E-state index < -0.39 is 0 Å². The van der Waals surface area contributed by atoms with Crippen LogP contribution in [0.5, 0.6) is 0 Å². The Kier molecular flexibility index (Phi) is 3.11. The molecule has 1 saturated carbocycles. The van der Waals surface area contributed by atoms with E-state index in [-0.39, 0.29) is 0 Å². The summed E-state index contributed by atoms with van der Waals surface area (Å²) < 4.78 is 1.59. The standard InChI is InChI=1S/C14H12Cl2N2O/c1-8-2-5-10(6-12(8)15)18-14(16)11(7-19)13(17-18)9-3-4-9/h2,5-7,9H,3-4H2,1H3. The van der Waals surface area contributed by atoms with Crippen LogP contribution in [0, 0.1) is 6.92 Å². The molecule has 1 aromatic heterocycles. The maximum Gasteiger partial charge on any atom is 0.155 e. The minimum Gasteiger partial charge on any atom is -0.298 e. The molecule has 2 aromatic rings. The summed E-state index contributed by atoms with van der Waals surface area (Å²) in [6.07, 6.45) is 2.93. The predicted octanol–water partition coefficient (Wildman–Crippen LogP) is 4.18. The van der Waals surface area contributed by atoms with Gasteiger partial charge in [0.15, 0.2) is 6.29 Å². The molecule has 1 aliphatic carbocycles. The molecule has 0 spiro atoms. The highest BCUT2D eigenvalue weighted by atomic mass is 35.5. The van der Waals surface area contributed by atoms with Gasteiger partial charge in [0.25, 0.3) is 0 Å². The van der Waals surface area contributed by atoms with Crippen LogP contribution in [0.25, 0.3) is 5.69 Å². The third kappa shape index (κ3) is 2.17. The van der Waals surface area contributed by atoms with Crippen LogP contribution in [-0.2, 0) is 0 Å². The fourth-order valence-electron chi connectivity index (χ4n) is 2.08. The first kappa shape index (κ1) is 12.7. The van der Waals surface area contributed by atoms with Crippen molar-refractivity contribution in [3.63, 3.8) is 0 Å². The number of aromatic nitrogens is 2. The average Bonchev–Trinajstić information content (AvgIpc) is 3.17. The van der Waals surface area contributed by atoms with Gasteiger partial charge in [0.1, 0.15) is 5.15 Å². The molecule has 1 aromatic carbocycles. The molecule has 0 unspecified atom stereocenters. The Balaban J connectivity index is 2.14. The molecule has 0 N–H and O–H groups in total. The van der Waals surface area contributed by atoms with E-state index in [1.807, 2.05) is 19.1 Å². The lowest BCUT2D eigenvalue weighted by Crippen LogP contribution is -1.97. The molecule has 0 aliphatic heterocycles. The van der Waals surface area contributed by atoms with Crippen LogP contribution in [0.1, 0.15) is 40.4 Å². The molecule has 0 bridgehead atoms. The molecule has 1 heterocycles. The lowest BCUT2D eigenvalue weighted by atomic mass is 10.2. The van der Waals surface area contributed by atoms with Crippen LogP contribution in [0.15, 0.2) is 18.2 Å². The van der Waals surface area contributed by atoms with Gasteiger partial charge >= 0.3 is 0 Å². The van der Waals surface area contributed by atoms with E-state index in [2.05, 4.69) is 5.10 Å². The Bertz CT molecular complexity index is 660. The van der Waals surface area contributed by atoms with Crippen LogP contribution in [-0.4, -0.2) is 16.1 Å². The Morgan fingerprint density at radius 1 is 1.37 bits per heavy atom. The molecular formula is C14H12Cl2N2O. The third-order valence-electron chi connectivity index (χ3n) is 3.37. The zero-order valence-corrected chi connectivity index (χ0v) is 11.9. The van der Waals surface area contributed by atoms with Crippen molar-refractivity contribution < 1.29 is 4.79 Å². The number of halogens is 2. The van der Waals surface area contributed by atoms with Gasteiger partial charge in [0.2, 0.25) is 0 Å². The maximum absolute atomic E-state index is 11.2. The molecule has 3 rings (SSSR count). The molecule has 19 heavy (non-hydrogen) atoms. The van der Waals surface area contributed by atoms with Gasteiger partial charge in [-0.15, -0.1) is 0 Å². The minimum absolute atomic E-state index is 0.358. The number of carbonyl (C=O) groups is 1. The number of benzene rings is 1. The van der Waals surface area contributed by atoms with Crippen molar-refractivity contribution in [3.05, 3.63) is 45.2 Å². The van der Waals surface area contributed by atoms with E-state index in [0.717, 1.165) is 36.1 Å². The lowest BCUT2D eigenvalue weighted by Gasteiger charge is -2.05. The van der Waals surface area contributed by atoms with Crippen LogP contribution in [0.4, 0.5) is 0 Å². The van der Waals surface area contributed by atoms with Gasteiger partial charge in [0, 0.05) is 10.9 Å². The van der Waals surface area contributed by atoms with Gasteiger partial charge in [-0.1, -0.05) is 29.3 Å². The summed E-state index contributed by atoms with van der Waals surface area (Å²) in [7, 11) is 0. The van der Waals surface area contributed by atoms with Gasteiger partial charge in [0.05, 0.1) is 16.9 Å². The third-order valence-corrected chi connectivity index (χ3v) is 4.14. The van der Waals surface area contributed by atoms with Crippen molar-refractivity contribution >= 4 is 29.5 Å². The second-order valence-corrected chi connectivity index (χ2v) is 5.59. The van der Waals surface area contributed by atoms with E-state index in [4.69, 9.17) is 23.2 Å². The number of aryl methyl sites for hydroxylation is 1. The van der Waals surface area contributed by atoms with Crippen molar-refractivity contribution in [1.29, 1.82) is 0 Å². The van der Waals surface area contributed by atoms with Gasteiger partial charge in [-0.2, -0.15) is 5.10 Å². The number of hydrogen-bond donors (Lipinski definition) is 0. The van der Waals surface area contributed by atoms with Crippen LogP contribution in [0.3, 0.4) is 0 Å². The van der Waals surface area contributed by atoms with E-state index in [0.29, 0.717) is 21.7 Å². The average molecular weight is 295 g/mol. The summed E-state index contributed by atoms with van der Waals surface area (Å²) in [4.78, 5) is 11.2. The van der Waals surface area contributed by atoms with E-state index >= 15 is 0 Å². The molecule has 0 radical (unpaired) electrons. The maximum atomic E-state index is 11.2. The fraction of sp³-hybridized carbons (Fsp3) is 0.286. The number of nitrogens with zero attached hydrogens (tertiary/aromatic N) is 2. The molecule has 3 nitrogen and oxygen atoms in total. The van der Waals surface area contributed by atoms with Gasteiger partial charge in [-0.25, -0.2) is 4.68 Å². The second kappa shape index (κ2) is 4.66. The molecule has 0 amide bonds. The first-order chi connectivity index (χ1) is 9.11. The molecule has 1 fully saturated rings. The second-order valence-electron chi connectivity index (χ2n) is 4.83. The largest absolute Gasteiger partial charge is 0.298 e. The summed E-state index contributed by atoms with van der Waals surface area (Å²) in [5.41, 5.74) is 3.07. The van der Waals surface area contributed by atoms with Crippen LogP contribution < -0.4 is 0 Å². The summed E-state index contributed by atoms with van der Waals surface area (Å²) >= 11 is 12.4. The van der Waals surface area contributed by atoms with E-state index in [9.17, 15) is 4.79 Å². The Labute approximate surface area is 121 Å². The number of carbonyl (C=O) groups excluding carboxylic acids is 1. The van der Waals surface area contributed by atoms with Crippen molar-refractivity contribution in [1.82, 2.24) is 9.78 Å². The molecule has 0 atom stereocenters. The summed E-state index contributed by atoms with van der Waals surface area (Å²) in [6.45, 7) is 1.93. The Morgan fingerprint density at radius 3 is 2.68 bits per heavy atom. The molecule has 98 valence electrons. The molecule has 0 saturated heterocycles. The van der Waals surface area contributed by atoms with Gasteiger partial charge < -0.3 is 0 Å². The van der Waals surface area contributed by atoms with Crippen LogP contribution in [0.2, 0.25) is 10.2 Å². The Morgan fingerprint density at radius 2 is 2.11 bits per heavy atom. The zero-order chi connectivity index (χ0) is 13.6. The van der Waals surface area contributed by atoms with Gasteiger partial charge in [-0.3, -0.25) is 4.79 Å². The lowest BCUT2D eigenvalue weighted by molar-refractivity contribution is 0.112. The highest BCUT2D eigenvalue weighted by Crippen LogP contribution is 2.42. The highest BCUT2D eigenvalue weighted by Gasteiger charge is 2.31. The monoisotopic (exact) mass is 294 g/mol. The smallest absolute Gasteiger partial charge is 0.155 e. The first-order valence-electron chi connectivity index (χ1n) is 6.12. The van der Waals surface area contributed by atoms with E-state index in [1.165, 1.54) is 0 Å². The van der Waals surface area contributed by atoms with Crippen molar-refractivity contribution in [2.45, 2.75) is 25.7 Å². The summed E-state index contributed by atoms with van der Waals surface area (Å²) in [5, 5.41) is 5.49.